The topological polar surface area (TPSA) is 20.3 Å². The van der Waals surface area contributed by atoms with Gasteiger partial charge in [0.15, 0.2) is 0 Å². The second-order valence-electron chi connectivity index (χ2n) is 3.79. The molecule has 0 aromatic heterocycles. The van der Waals surface area contributed by atoms with Gasteiger partial charge in [-0.15, -0.1) is 0 Å². The molecule has 1 unspecified atom stereocenters. The molecule has 0 rings (SSSR count). The van der Waals surface area contributed by atoms with Gasteiger partial charge in [-0.3, -0.25) is 0 Å². The lowest BCUT2D eigenvalue weighted by atomic mass is 10.0. The Kier molecular flexibility index (Phi) is 13.5. The zero-order valence-corrected chi connectivity index (χ0v) is 9.84. The highest BCUT2D eigenvalue weighted by Crippen LogP contribution is 2.08. The molecule has 0 radical (unpaired) electrons. The lowest BCUT2D eigenvalue weighted by Gasteiger charge is -2.03. The Morgan fingerprint density at radius 1 is 1.23 bits per heavy atom. The van der Waals surface area contributed by atoms with Crippen molar-refractivity contribution in [1.82, 2.24) is 4.90 Å². The fourth-order valence-corrected chi connectivity index (χ4v) is 0.835. The first-order valence-electron chi connectivity index (χ1n) is 5.14. The molecule has 0 saturated carbocycles. The van der Waals surface area contributed by atoms with Crippen molar-refractivity contribution < 1.29 is 4.79 Å². The van der Waals surface area contributed by atoms with Crippen molar-refractivity contribution >= 4 is 6.29 Å². The second kappa shape index (κ2) is 11.6. The highest BCUT2D eigenvalue weighted by molar-refractivity contribution is 5.53. The first kappa shape index (κ1) is 15.1. The van der Waals surface area contributed by atoms with Crippen LogP contribution in [0.2, 0.25) is 0 Å². The molecule has 0 N–H and O–H groups in total. The van der Waals surface area contributed by atoms with Gasteiger partial charge in [0.05, 0.1) is 0 Å². The Morgan fingerprint density at radius 2 is 1.69 bits per heavy atom. The van der Waals surface area contributed by atoms with Crippen LogP contribution in [0.5, 0.6) is 0 Å². The monoisotopic (exact) mass is 187 g/mol. The minimum Gasteiger partial charge on any atom is -0.312 e. The molecule has 13 heavy (non-hydrogen) atoms. The van der Waals surface area contributed by atoms with Gasteiger partial charge in [-0.1, -0.05) is 26.7 Å². The van der Waals surface area contributed by atoms with Crippen molar-refractivity contribution in [3.63, 3.8) is 0 Å². The lowest BCUT2D eigenvalue weighted by molar-refractivity contribution is -0.111. The molecular weight excluding hydrogens is 162 g/mol. The number of carbonyl (C=O) groups excluding carboxylic acids is 1. The molecule has 0 bridgehead atoms. The van der Waals surface area contributed by atoms with E-state index in [-0.39, 0.29) is 0 Å². The van der Waals surface area contributed by atoms with Gasteiger partial charge in [0, 0.05) is 5.92 Å². The molecule has 0 saturated heterocycles. The zero-order valence-electron chi connectivity index (χ0n) is 9.84. The van der Waals surface area contributed by atoms with Gasteiger partial charge in [0.25, 0.3) is 0 Å². The van der Waals surface area contributed by atoms with Gasteiger partial charge in [-0.25, -0.2) is 0 Å². The van der Waals surface area contributed by atoms with E-state index in [4.69, 9.17) is 0 Å². The summed E-state index contributed by atoms with van der Waals surface area (Å²) in [6.07, 6.45) is 5.55. The molecule has 0 amide bonds. The maximum atomic E-state index is 10.2. The van der Waals surface area contributed by atoms with Crippen LogP contribution >= 0.6 is 0 Å². The Hall–Kier alpha value is -0.370. The van der Waals surface area contributed by atoms with Gasteiger partial charge < -0.3 is 9.69 Å². The molecule has 1 atom stereocenters. The van der Waals surface area contributed by atoms with E-state index in [1.54, 1.807) is 0 Å². The second-order valence-corrected chi connectivity index (χ2v) is 3.79. The number of carbonyl (C=O) groups is 1. The smallest absolute Gasteiger partial charge is 0.123 e. The minimum absolute atomic E-state index is 0.324. The summed E-state index contributed by atoms with van der Waals surface area (Å²) in [6, 6.07) is 0. The van der Waals surface area contributed by atoms with E-state index < -0.39 is 0 Å². The van der Waals surface area contributed by atoms with Crippen LogP contribution in [0, 0.1) is 5.92 Å². The van der Waals surface area contributed by atoms with E-state index in [0.29, 0.717) is 5.92 Å². The summed E-state index contributed by atoms with van der Waals surface area (Å²) in [5, 5.41) is 0. The first-order valence-corrected chi connectivity index (χ1v) is 5.14. The third-order valence-electron chi connectivity index (χ3n) is 1.65. The highest BCUT2D eigenvalue weighted by atomic mass is 16.1. The molecule has 0 aromatic rings. The number of hydrogen-bond donors (Lipinski definition) is 0. The number of hydrogen-bond acceptors (Lipinski definition) is 2. The molecule has 0 heterocycles. The van der Waals surface area contributed by atoms with Crippen molar-refractivity contribution in [2.24, 2.45) is 5.92 Å². The number of rotatable bonds is 5. The van der Waals surface area contributed by atoms with Crippen LogP contribution in [0.25, 0.3) is 0 Å². The maximum Gasteiger partial charge on any atom is 0.123 e. The number of nitrogens with zero attached hydrogens (tertiary/aromatic N) is 1. The summed E-state index contributed by atoms with van der Waals surface area (Å²) in [5.74, 6) is 0.324. The quantitative estimate of drug-likeness (QED) is 0.617. The van der Waals surface area contributed by atoms with Gasteiger partial charge in [-0.2, -0.15) is 0 Å². The molecule has 0 aliphatic rings. The normalized spacial score (nSPS) is 11.8. The SMILES string of the molecule is CCCCC(C=O)CC.CN(C)C. The van der Waals surface area contributed by atoms with Crippen LogP contribution in [-0.4, -0.2) is 32.3 Å². The maximum absolute atomic E-state index is 10.2. The van der Waals surface area contributed by atoms with Crippen molar-refractivity contribution in [1.29, 1.82) is 0 Å². The van der Waals surface area contributed by atoms with Crippen molar-refractivity contribution in [2.45, 2.75) is 39.5 Å². The largest absolute Gasteiger partial charge is 0.312 e. The van der Waals surface area contributed by atoms with E-state index >= 15 is 0 Å². The third kappa shape index (κ3) is 18.5. The van der Waals surface area contributed by atoms with Crippen LogP contribution in [-0.2, 0) is 4.79 Å². The fraction of sp³-hybridized carbons (Fsp3) is 0.909. The minimum atomic E-state index is 0.324. The van der Waals surface area contributed by atoms with Gasteiger partial charge >= 0.3 is 0 Å². The summed E-state index contributed by atoms with van der Waals surface area (Å²) in [6.45, 7) is 4.21. The molecule has 0 spiro atoms. The first-order chi connectivity index (χ1) is 6.08. The van der Waals surface area contributed by atoms with Gasteiger partial charge in [0.2, 0.25) is 0 Å². The Bertz CT molecular complexity index is 99.5. The standard InChI is InChI=1S/C8H16O.C3H9N/c1-3-5-6-8(4-2)7-9;1-4(2)3/h7-8H,3-6H2,1-2H3;1-3H3. The van der Waals surface area contributed by atoms with Crippen LogP contribution in [0.15, 0.2) is 0 Å². The summed E-state index contributed by atoms with van der Waals surface area (Å²) in [7, 11) is 6.00. The van der Waals surface area contributed by atoms with E-state index in [0.717, 1.165) is 19.1 Å². The molecule has 80 valence electrons. The Labute approximate surface area is 83.3 Å². The van der Waals surface area contributed by atoms with E-state index in [9.17, 15) is 4.79 Å². The molecule has 2 nitrogen and oxygen atoms in total. The average Bonchev–Trinajstić information content (AvgIpc) is 2.06. The molecule has 0 fully saturated rings. The molecule has 0 aliphatic carbocycles. The van der Waals surface area contributed by atoms with Crippen LogP contribution in [0.3, 0.4) is 0 Å². The van der Waals surface area contributed by atoms with Crippen molar-refractivity contribution in [3.05, 3.63) is 0 Å². The third-order valence-corrected chi connectivity index (χ3v) is 1.65. The van der Waals surface area contributed by atoms with E-state index in [1.807, 2.05) is 26.0 Å². The van der Waals surface area contributed by atoms with Crippen molar-refractivity contribution in [3.8, 4) is 0 Å². The summed E-state index contributed by atoms with van der Waals surface area (Å²) < 4.78 is 0. The van der Waals surface area contributed by atoms with E-state index in [2.05, 4.69) is 13.8 Å². The summed E-state index contributed by atoms with van der Waals surface area (Å²) >= 11 is 0. The van der Waals surface area contributed by atoms with Crippen LogP contribution < -0.4 is 0 Å². The summed E-state index contributed by atoms with van der Waals surface area (Å²) in [4.78, 5) is 12.2. The number of unbranched alkanes of at least 4 members (excludes halogenated alkanes) is 1. The van der Waals surface area contributed by atoms with Gasteiger partial charge in [-0.05, 0) is 34.0 Å². The highest BCUT2D eigenvalue weighted by Gasteiger charge is 2.01. The predicted molar refractivity (Wildman–Crippen MR) is 59.0 cm³/mol. The molecule has 0 aromatic carbocycles. The van der Waals surface area contributed by atoms with Crippen LogP contribution in [0.4, 0.5) is 0 Å². The average molecular weight is 187 g/mol. The zero-order chi connectivity index (χ0) is 10.7. The van der Waals surface area contributed by atoms with Crippen LogP contribution in [0.1, 0.15) is 39.5 Å². The van der Waals surface area contributed by atoms with Gasteiger partial charge in [0.1, 0.15) is 6.29 Å². The fourth-order valence-electron chi connectivity index (χ4n) is 0.835. The van der Waals surface area contributed by atoms with Crippen molar-refractivity contribution in [2.75, 3.05) is 21.1 Å². The molecule has 0 aliphatic heterocycles. The lowest BCUT2D eigenvalue weighted by Crippen LogP contribution is -1.99. The molecule has 2 heteroatoms. The predicted octanol–water partition coefficient (Wildman–Crippen LogP) is 2.58. The Balaban J connectivity index is 0. The number of aldehydes is 1. The Morgan fingerprint density at radius 3 is 1.92 bits per heavy atom. The summed E-state index contributed by atoms with van der Waals surface area (Å²) in [5.41, 5.74) is 0. The molecular formula is C11H25NO. The van der Waals surface area contributed by atoms with E-state index in [1.165, 1.54) is 12.8 Å².